The molecule has 0 fully saturated rings. The first-order valence-corrected chi connectivity index (χ1v) is 5.88. The van der Waals surface area contributed by atoms with Crippen molar-refractivity contribution >= 4 is 23.6 Å². The topological polar surface area (TPSA) is 95.1 Å². The van der Waals surface area contributed by atoms with Gasteiger partial charge in [-0.25, -0.2) is 4.79 Å². The van der Waals surface area contributed by atoms with Gasteiger partial charge in [0.25, 0.3) is 5.91 Å². The van der Waals surface area contributed by atoms with E-state index in [-0.39, 0.29) is 5.91 Å². The number of carbonyl (C=O) groups is 2. The van der Waals surface area contributed by atoms with E-state index in [0.29, 0.717) is 11.3 Å². The average Bonchev–Trinajstić information content (AvgIpc) is 2.93. The molecule has 6 heteroatoms. The third-order valence-corrected chi connectivity index (χ3v) is 2.70. The van der Waals surface area contributed by atoms with Gasteiger partial charge in [0.1, 0.15) is 0 Å². The number of nitrogens with one attached hydrogen (secondary N) is 2. The van der Waals surface area contributed by atoms with Crippen molar-refractivity contribution in [3.05, 3.63) is 53.4 Å². The van der Waals surface area contributed by atoms with Crippen LogP contribution >= 0.6 is 0 Å². The maximum absolute atomic E-state index is 11.9. The number of carbonyl (C=O) groups excluding carboxylic acids is 1. The molecular weight excluding hydrogens is 258 g/mol. The monoisotopic (exact) mass is 271 g/mol. The molecule has 3 N–H and O–H groups in total. The normalized spacial score (nSPS) is 10.7. The smallest absolute Gasteiger partial charge is 0.328 e. The fourth-order valence-electron chi connectivity index (χ4n) is 1.64. The van der Waals surface area contributed by atoms with Gasteiger partial charge in [0, 0.05) is 18.0 Å². The number of aromatic nitrogens is 2. The summed E-state index contributed by atoms with van der Waals surface area (Å²) < 4.78 is 0. The Morgan fingerprint density at radius 1 is 1.40 bits per heavy atom. The van der Waals surface area contributed by atoms with Gasteiger partial charge in [0.15, 0.2) is 0 Å². The molecule has 0 saturated carbocycles. The third-order valence-electron chi connectivity index (χ3n) is 2.70. The number of aromatic amines is 1. The van der Waals surface area contributed by atoms with Crippen LogP contribution in [-0.4, -0.2) is 27.2 Å². The summed E-state index contributed by atoms with van der Waals surface area (Å²) >= 11 is 0. The van der Waals surface area contributed by atoms with E-state index >= 15 is 0 Å². The van der Waals surface area contributed by atoms with E-state index in [2.05, 4.69) is 15.5 Å². The second kappa shape index (κ2) is 5.83. The molecule has 0 spiro atoms. The minimum atomic E-state index is -1.02. The minimum Gasteiger partial charge on any atom is -0.478 e. The van der Waals surface area contributed by atoms with Crippen LogP contribution in [-0.2, 0) is 4.79 Å². The van der Waals surface area contributed by atoms with E-state index < -0.39 is 5.97 Å². The standard InChI is InChI=1S/C14H13N3O3/c1-9-2-4-12(6-10(9)3-5-13(18)19)17-14(20)11-7-15-16-8-11/h2-8H,1H3,(H,15,16)(H,17,20)(H,18,19). The first kappa shape index (κ1) is 13.5. The van der Waals surface area contributed by atoms with Gasteiger partial charge in [-0.2, -0.15) is 5.10 Å². The summed E-state index contributed by atoms with van der Waals surface area (Å²) in [5, 5.41) is 17.6. The Bertz CT molecular complexity index is 660. The minimum absolute atomic E-state index is 0.282. The molecular formula is C14H13N3O3. The van der Waals surface area contributed by atoms with Crippen LogP contribution in [0.15, 0.2) is 36.7 Å². The highest BCUT2D eigenvalue weighted by atomic mass is 16.4. The molecule has 1 heterocycles. The Morgan fingerprint density at radius 3 is 2.85 bits per heavy atom. The second-order valence-corrected chi connectivity index (χ2v) is 4.18. The van der Waals surface area contributed by atoms with Gasteiger partial charge in [-0.15, -0.1) is 0 Å². The number of benzene rings is 1. The zero-order valence-corrected chi connectivity index (χ0v) is 10.8. The Morgan fingerprint density at radius 2 is 2.20 bits per heavy atom. The van der Waals surface area contributed by atoms with E-state index in [4.69, 9.17) is 5.11 Å². The molecule has 0 saturated heterocycles. The van der Waals surface area contributed by atoms with Gasteiger partial charge < -0.3 is 10.4 Å². The Kier molecular flexibility index (Phi) is 3.95. The van der Waals surface area contributed by atoms with Gasteiger partial charge in [-0.1, -0.05) is 6.07 Å². The van der Waals surface area contributed by atoms with Crippen molar-refractivity contribution in [3.63, 3.8) is 0 Å². The van der Waals surface area contributed by atoms with Crippen LogP contribution in [0.5, 0.6) is 0 Å². The van der Waals surface area contributed by atoms with Crippen LogP contribution in [0.3, 0.4) is 0 Å². The number of anilines is 1. The van der Waals surface area contributed by atoms with Gasteiger partial charge in [-0.3, -0.25) is 9.89 Å². The average molecular weight is 271 g/mol. The number of hydrogen-bond donors (Lipinski definition) is 3. The predicted octanol–water partition coefficient (Wildman–Crippen LogP) is 2.07. The second-order valence-electron chi connectivity index (χ2n) is 4.18. The Balaban J connectivity index is 2.19. The molecule has 1 amide bonds. The van der Waals surface area contributed by atoms with Crippen molar-refractivity contribution in [1.82, 2.24) is 10.2 Å². The lowest BCUT2D eigenvalue weighted by Crippen LogP contribution is -2.11. The van der Waals surface area contributed by atoms with E-state index in [0.717, 1.165) is 17.2 Å². The van der Waals surface area contributed by atoms with Crippen LogP contribution in [0.4, 0.5) is 5.69 Å². The number of aryl methyl sites for hydroxylation is 1. The van der Waals surface area contributed by atoms with Gasteiger partial charge in [0.2, 0.25) is 0 Å². The fraction of sp³-hybridized carbons (Fsp3) is 0.0714. The van der Waals surface area contributed by atoms with Crippen LogP contribution in [0.1, 0.15) is 21.5 Å². The number of carboxylic acids is 1. The molecule has 0 bridgehead atoms. The molecule has 102 valence electrons. The molecule has 20 heavy (non-hydrogen) atoms. The van der Waals surface area contributed by atoms with Gasteiger partial charge >= 0.3 is 5.97 Å². The zero-order valence-electron chi connectivity index (χ0n) is 10.8. The van der Waals surface area contributed by atoms with Gasteiger partial charge in [-0.05, 0) is 36.3 Å². The highest BCUT2D eigenvalue weighted by Gasteiger charge is 2.07. The lowest BCUT2D eigenvalue weighted by Gasteiger charge is -2.07. The molecule has 0 aliphatic heterocycles. The van der Waals surface area contributed by atoms with E-state index in [1.165, 1.54) is 18.5 Å². The van der Waals surface area contributed by atoms with Crippen molar-refractivity contribution in [1.29, 1.82) is 0 Å². The number of hydrogen-bond acceptors (Lipinski definition) is 3. The summed E-state index contributed by atoms with van der Waals surface area (Å²) in [5.41, 5.74) is 2.67. The molecule has 2 rings (SSSR count). The van der Waals surface area contributed by atoms with Crippen LogP contribution in [0.25, 0.3) is 6.08 Å². The number of nitrogens with zero attached hydrogens (tertiary/aromatic N) is 1. The maximum atomic E-state index is 11.9. The molecule has 1 aromatic carbocycles. The predicted molar refractivity (Wildman–Crippen MR) is 74.4 cm³/mol. The lowest BCUT2D eigenvalue weighted by atomic mass is 10.1. The van der Waals surface area contributed by atoms with Gasteiger partial charge in [0.05, 0.1) is 11.8 Å². The molecule has 0 unspecified atom stereocenters. The molecule has 0 atom stereocenters. The molecule has 2 aromatic rings. The molecule has 0 aliphatic rings. The number of aliphatic carboxylic acids is 1. The lowest BCUT2D eigenvalue weighted by molar-refractivity contribution is -0.131. The summed E-state index contributed by atoms with van der Waals surface area (Å²) in [5.74, 6) is -1.30. The molecule has 6 nitrogen and oxygen atoms in total. The van der Waals surface area contributed by atoms with Crippen molar-refractivity contribution < 1.29 is 14.7 Å². The third kappa shape index (κ3) is 3.32. The van der Waals surface area contributed by atoms with Crippen LogP contribution in [0, 0.1) is 6.92 Å². The van der Waals surface area contributed by atoms with Crippen molar-refractivity contribution in [2.75, 3.05) is 5.32 Å². The Labute approximate surface area is 115 Å². The highest BCUT2D eigenvalue weighted by molar-refractivity contribution is 6.04. The number of rotatable bonds is 4. The fourth-order valence-corrected chi connectivity index (χ4v) is 1.64. The first-order valence-electron chi connectivity index (χ1n) is 5.88. The Hall–Kier alpha value is -2.89. The van der Waals surface area contributed by atoms with E-state index in [9.17, 15) is 9.59 Å². The number of H-pyrrole nitrogens is 1. The molecule has 0 aliphatic carbocycles. The highest BCUT2D eigenvalue weighted by Crippen LogP contribution is 2.17. The van der Waals surface area contributed by atoms with Crippen LogP contribution in [0.2, 0.25) is 0 Å². The maximum Gasteiger partial charge on any atom is 0.328 e. The zero-order chi connectivity index (χ0) is 14.5. The quantitative estimate of drug-likeness (QED) is 0.742. The first-order chi connectivity index (χ1) is 9.56. The summed E-state index contributed by atoms with van der Waals surface area (Å²) in [6, 6.07) is 5.28. The number of amides is 1. The summed E-state index contributed by atoms with van der Waals surface area (Å²) in [4.78, 5) is 22.4. The van der Waals surface area contributed by atoms with E-state index in [1.807, 2.05) is 13.0 Å². The SMILES string of the molecule is Cc1ccc(NC(=O)c2cn[nH]c2)cc1C=CC(=O)O. The van der Waals surface area contributed by atoms with Crippen molar-refractivity contribution in [3.8, 4) is 0 Å². The van der Waals surface area contributed by atoms with Crippen molar-refractivity contribution in [2.24, 2.45) is 0 Å². The number of carboxylic acid groups (broad SMARTS) is 1. The summed E-state index contributed by atoms with van der Waals surface area (Å²) in [7, 11) is 0. The van der Waals surface area contributed by atoms with Crippen LogP contribution < -0.4 is 5.32 Å². The van der Waals surface area contributed by atoms with E-state index in [1.54, 1.807) is 12.1 Å². The summed E-state index contributed by atoms with van der Waals surface area (Å²) in [6.45, 7) is 1.86. The van der Waals surface area contributed by atoms with Crippen molar-refractivity contribution in [2.45, 2.75) is 6.92 Å². The molecule has 1 aromatic heterocycles. The summed E-state index contributed by atoms with van der Waals surface area (Å²) in [6.07, 6.45) is 5.47. The largest absolute Gasteiger partial charge is 0.478 e. The molecule has 0 radical (unpaired) electrons.